The van der Waals surface area contributed by atoms with Gasteiger partial charge in [0.2, 0.25) is 5.95 Å². The van der Waals surface area contributed by atoms with Crippen LogP contribution in [0.4, 0.5) is 11.8 Å². The van der Waals surface area contributed by atoms with Gasteiger partial charge in [0.25, 0.3) is 0 Å². The van der Waals surface area contributed by atoms with Crippen LogP contribution in [0.25, 0.3) is 0 Å². The number of rotatable bonds is 2. The third-order valence-corrected chi connectivity index (χ3v) is 4.38. The summed E-state index contributed by atoms with van der Waals surface area (Å²) < 4.78 is 0. The highest BCUT2D eigenvalue weighted by Gasteiger charge is 2.20. The Morgan fingerprint density at radius 3 is 2.57 bits per heavy atom. The van der Waals surface area contributed by atoms with Gasteiger partial charge in [0, 0.05) is 26.2 Å². The van der Waals surface area contributed by atoms with E-state index in [0.29, 0.717) is 0 Å². The third kappa shape index (κ3) is 2.44. The maximum Gasteiger partial charge on any atom is 0.247 e. The van der Waals surface area contributed by atoms with E-state index >= 15 is 0 Å². The van der Waals surface area contributed by atoms with Gasteiger partial charge in [-0.3, -0.25) is 0 Å². The summed E-state index contributed by atoms with van der Waals surface area (Å²) in [5.74, 6) is 1.73. The van der Waals surface area contributed by atoms with Gasteiger partial charge in [-0.1, -0.05) is 24.3 Å². The van der Waals surface area contributed by atoms with Gasteiger partial charge in [0.05, 0.1) is 6.20 Å². The highest BCUT2D eigenvalue weighted by atomic mass is 15.4. The summed E-state index contributed by atoms with van der Waals surface area (Å²) in [6.45, 7) is 4.01. The Kier molecular flexibility index (Phi) is 3.18. The first-order valence-corrected chi connectivity index (χ1v) is 7.66. The number of aromatic nitrogens is 3. The van der Waals surface area contributed by atoms with Gasteiger partial charge < -0.3 is 9.80 Å². The predicted molar refractivity (Wildman–Crippen MR) is 82.5 cm³/mol. The molecule has 0 spiro atoms. The van der Waals surface area contributed by atoms with Crippen LogP contribution in [-0.2, 0) is 13.0 Å². The fourth-order valence-electron chi connectivity index (χ4n) is 3.18. The number of benzene rings is 1. The van der Waals surface area contributed by atoms with Crippen molar-refractivity contribution in [2.75, 3.05) is 29.4 Å². The third-order valence-electron chi connectivity index (χ3n) is 4.38. The molecule has 0 radical (unpaired) electrons. The molecule has 2 aliphatic rings. The minimum absolute atomic E-state index is 0.781. The highest BCUT2D eigenvalue weighted by molar-refractivity contribution is 5.45. The van der Waals surface area contributed by atoms with E-state index in [1.807, 2.05) is 0 Å². The molecule has 0 N–H and O–H groups in total. The lowest BCUT2D eigenvalue weighted by molar-refractivity contribution is 0.710. The van der Waals surface area contributed by atoms with Crippen molar-refractivity contribution < 1.29 is 0 Å². The zero-order valence-electron chi connectivity index (χ0n) is 12.1. The minimum Gasteiger partial charge on any atom is -0.350 e. The van der Waals surface area contributed by atoms with Crippen LogP contribution in [0.3, 0.4) is 0 Å². The molecule has 0 aliphatic carbocycles. The molecular formula is C16H19N5. The molecule has 1 aromatic carbocycles. The second kappa shape index (κ2) is 5.31. The van der Waals surface area contributed by atoms with Crippen LogP contribution in [0.5, 0.6) is 0 Å². The molecule has 3 heterocycles. The SMILES string of the molecule is c1ccc2c(c1)CCN(c1cnnc(N3CCCC3)n1)C2. The fourth-order valence-corrected chi connectivity index (χ4v) is 3.18. The summed E-state index contributed by atoms with van der Waals surface area (Å²) in [5, 5.41) is 8.36. The van der Waals surface area contributed by atoms with Gasteiger partial charge in [-0.25, -0.2) is 0 Å². The van der Waals surface area contributed by atoms with Crippen molar-refractivity contribution in [3.8, 4) is 0 Å². The van der Waals surface area contributed by atoms with Crippen molar-refractivity contribution in [1.29, 1.82) is 0 Å². The van der Waals surface area contributed by atoms with Crippen molar-refractivity contribution in [2.24, 2.45) is 0 Å². The van der Waals surface area contributed by atoms with E-state index in [4.69, 9.17) is 4.98 Å². The summed E-state index contributed by atoms with van der Waals surface area (Å²) in [7, 11) is 0. The number of hydrogen-bond donors (Lipinski definition) is 0. The average molecular weight is 281 g/mol. The van der Waals surface area contributed by atoms with Gasteiger partial charge in [-0.05, 0) is 30.4 Å². The minimum atomic E-state index is 0.781. The van der Waals surface area contributed by atoms with E-state index in [9.17, 15) is 0 Å². The fraction of sp³-hybridized carbons (Fsp3) is 0.438. The van der Waals surface area contributed by atoms with E-state index in [1.165, 1.54) is 24.0 Å². The van der Waals surface area contributed by atoms with Gasteiger partial charge in [-0.2, -0.15) is 10.1 Å². The summed E-state index contributed by atoms with van der Waals surface area (Å²) in [5.41, 5.74) is 2.85. The molecule has 0 saturated carbocycles. The smallest absolute Gasteiger partial charge is 0.247 e. The van der Waals surface area contributed by atoms with Gasteiger partial charge in [0.15, 0.2) is 5.82 Å². The van der Waals surface area contributed by atoms with Crippen LogP contribution in [0, 0.1) is 0 Å². The Hall–Kier alpha value is -2.17. The maximum absolute atomic E-state index is 4.73. The molecule has 21 heavy (non-hydrogen) atoms. The summed E-state index contributed by atoms with van der Waals surface area (Å²) in [6.07, 6.45) is 5.31. The molecule has 1 saturated heterocycles. The summed E-state index contributed by atoms with van der Waals surface area (Å²) >= 11 is 0. The number of fused-ring (bicyclic) bond motifs is 1. The molecule has 0 bridgehead atoms. The van der Waals surface area contributed by atoms with E-state index in [0.717, 1.165) is 44.4 Å². The Labute approximate surface area is 124 Å². The van der Waals surface area contributed by atoms with Crippen molar-refractivity contribution in [3.63, 3.8) is 0 Å². The Balaban J connectivity index is 1.58. The second-order valence-electron chi connectivity index (χ2n) is 5.75. The number of anilines is 2. The lowest BCUT2D eigenvalue weighted by Gasteiger charge is -2.29. The predicted octanol–water partition coefficient (Wildman–Crippen LogP) is 2.03. The van der Waals surface area contributed by atoms with E-state index in [-0.39, 0.29) is 0 Å². The monoisotopic (exact) mass is 281 g/mol. The van der Waals surface area contributed by atoms with Crippen LogP contribution >= 0.6 is 0 Å². The van der Waals surface area contributed by atoms with Crippen LogP contribution < -0.4 is 9.80 Å². The normalized spacial score (nSPS) is 17.9. The summed E-state index contributed by atoms with van der Waals surface area (Å²) in [6, 6.07) is 8.65. The summed E-state index contributed by atoms with van der Waals surface area (Å²) in [4.78, 5) is 9.26. The molecule has 5 heteroatoms. The first kappa shape index (κ1) is 12.6. The number of hydrogen-bond acceptors (Lipinski definition) is 5. The Morgan fingerprint density at radius 1 is 0.905 bits per heavy atom. The maximum atomic E-state index is 4.73. The van der Waals surface area contributed by atoms with Crippen molar-refractivity contribution in [2.45, 2.75) is 25.8 Å². The van der Waals surface area contributed by atoms with E-state index in [1.54, 1.807) is 6.20 Å². The first-order chi connectivity index (χ1) is 10.4. The zero-order chi connectivity index (χ0) is 14.1. The molecular weight excluding hydrogens is 262 g/mol. The molecule has 0 unspecified atom stereocenters. The number of nitrogens with zero attached hydrogens (tertiary/aromatic N) is 5. The first-order valence-electron chi connectivity index (χ1n) is 7.66. The van der Waals surface area contributed by atoms with Crippen LogP contribution in [-0.4, -0.2) is 34.8 Å². The van der Waals surface area contributed by atoms with Gasteiger partial charge in [-0.15, -0.1) is 5.10 Å². The highest BCUT2D eigenvalue weighted by Crippen LogP contribution is 2.24. The van der Waals surface area contributed by atoms with Crippen LogP contribution in [0.15, 0.2) is 30.5 Å². The van der Waals surface area contributed by atoms with Crippen molar-refractivity contribution in [1.82, 2.24) is 15.2 Å². The second-order valence-corrected chi connectivity index (χ2v) is 5.75. The molecule has 1 aromatic heterocycles. The quantitative estimate of drug-likeness (QED) is 0.843. The Bertz CT molecular complexity index is 636. The molecule has 1 fully saturated rings. The van der Waals surface area contributed by atoms with Crippen molar-refractivity contribution >= 4 is 11.8 Å². The van der Waals surface area contributed by atoms with E-state index < -0.39 is 0 Å². The molecule has 0 amide bonds. The lowest BCUT2D eigenvalue weighted by Crippen LogP contribution is -2.32. The van der Waals surface area contributed by atoms with Crippen LogP contribution in [0.2, 0.25) is 0 Å². The molecule has 5 nitrogen and oxygen atoms in total. The average Bonchev–Trinajstić information content (AvgIpc) is 3.09. The zero-order valence-corrected chi connectivity index (χ0v) is 12.1. The topological polar surface area (TPSA) is 45.2 Å². The molecule has 2 aliphatic heterocycles. The van der Waals surface area contributed by atoms with E-state index in [2.05, 4.69) is 44.3 Å². The van der Waals surface area contributed by atoms with Gasteiger partial charge >= 0.3 is 0 Å². The van der Waals surface area contributed by atoms with Crippen molar-refractivity contribution in [3.05, 3.63) is 41.6 Å². The molecule has 4 rings (SSSR count). The lowest BCUT2D eigenvalue weighted by atomic mass is 10.0. The van der Waals surface area contributed by atoms with Crippen LogP contribution in [0.1, 0.15) is 24.0 Å². The molecule has 0 atom stereocenters. The van der Waals surface area contributed by atoms with Gasteiger partial charge in [0.1, 0.15) is 0 Å². The largest absolute Gasteiger partial charge is 0.350 e. The molecule has 108 valence electrons. The Morgan fingerprint density at radius 2 is 1.71 bits per heavy atom. The standard InChI is InChI=1S/C16H19N5/c1-2-6-14-12-21(10-7-13(14)5-1)15-11-17-19-16(18-15)20-8-3-4-9-20/h1-2,5-6,11H,3-4,7-10,12H2. The molecule has 2 aromatic rings.